The van der Waals surface area contributed by atoms with Gasteiger partial charge in [-0.15, -0.1) is 0 Å². The largest absolute Gasteiger partial charge is 0.489 e. The molecule has 27 heavy (non-hydrogen) atoms. The van der Waals surface area contributed by atoms with E-state index in [2.05, 4.69) is 10.1 Å². The first-order valence-electron chi connectivity index (χ1n) is 7.99. The number of amides is 1. The topological polar surface area (TPSA) is 108 Å². The Morgan fingerprint density at radius 1 is 1.15 bits per heavy atom. The lowest BCUT2D eigenvalue weighted by molar-refractivity contribution is -0.384. The van der Waals surface area contributed by atoms with Gasteiger partial charge in [0.05, 0.1) is 17.6 Å². The molecule has 140 valence electrons. The predicted molar refractivity (Wildman–Crippen MR) is 97.4 cm³/mol. The van der Waals surface area contributed by atoms with E-state index in [4.69, 9.17) is 4.74 Å². The average Bonchev–Trinajstić information content (AvgIpc) is 2.69. The fourth-order valence-corrected chi connectivity index (χ4v) is 2.14. The number of nitrogens with one attached hydrogen (secondary N) is 1. The molecule has 1 amide bonds. The normalized spacial score (nSPS) is 10.4. The van der Waals surface area contributed by atoms with Crippen molar-refractivity contribution < 1.29 is 24.0 Å². The number of benzene rings is 2. The van der Waals surface area contributed by atoms with Gasteiger partial charge in [-0.3, -0.25) is 14.9 Å². The second-order valence-corrected chi connectivity index (χ2v) is 5.34. The van der Waals surface area contributed by atoms with Gasteiger partial charge in [-0.1, -0.05) is 24.3 Å². The van der Waals surface area contributed by atoms with Crippen LogP contribution in [-0.4, -0.2) is 30.5 Å². The van der Waals surface area contributed by atoms with Crippen LogP contribution in [0.2, 0.25) is 0 Å². The summed E-state index contributed by atoms with van der Waals surface area (Å²) in [4.78, 5) is 33.6. The molecule has 0 aliphatic rings. The number of hydrogen-bond acceptors (Lipinski definition) is 6. The zero-order valence-electron chi connectivity index (χ0n) is 14.6. The van der Waals surface area contributed by atoms with E-state index in [9.17, 15) is 19.7 Å². The highest BCUT2D eigenvalue weighted by molar-refractivity contribution is 5.96. The van der Waals surface area contributed by atoms with Crippen molar-refractivity contribution in [2.75, 3.05) is 13.7 Å². The van der Waals surface area contributed by atoms with Gasteiger partial charge < -0.3 is 14.8 Å². The molecule has 0 aromatic heterocycles. The molecule has 0 aliphatic heterocycles. The summed E-state index contributed by atoms with van der Waals surface area (Å²) in [6, 6.07) is 12.6. The van der Waals surface area contributed by atoms with Gasteiger partial charge in [-0.25, -0.2) is 4.79 Å². The molecule has 0 saturated heterocycles. The Hall–Kier alpha value is -3.68. The average molecular weight is 370 g/mol. The molecule has 0 spiro atoms. The molecule has 0 bridgehead atoms. The lowest BCUT2D eigenvalue weighted by atomic mass is 10.1. The fraction of sp³-hybridized carbons (Fsp3) is 0.158. The molecule has 0 radical (unpaired) electrons. The lowest BCUT2D eigenvalue weighted by Gasteiger charge is -2.10. The second kappa shape index (κ2) is 9.71. The third-order valence-electron chi connectivity index (χ3n) is 3.52. The van der Waals surface area contributed by atoms with E-state index < -0.39 is 10.9 Å². The standard InChI is InChI=1S/C19H18N2O6/c1-26-18(22)7-4-12-27-17-6-3-2-5-16(17)19(23)20-13-14-8-10-15(11-9-14)21(24)25/h2-11H,12-13H2,1H3,(H,20,23)/b7-4+. The maximum Gasteiger partial charge on any atom is 0.330 e. The van der Waals surface area contributed by atoms with Crippen molar-refractivity contribution in [1.29, 1.82) is 0 Å². The monoisotopic (exact) mass is 370 g/mol. The molecule has 2 rings (SSSR count). The smallest absolute Gasteiger partial charge is 0.330 e. The number of esters is 1. The number of carbonyl (C=O) groups excluding carboxylic acids is 2. The number of methoxy groups -OCH3 is 1. The predicted octanol–water partition coefficient (Wildman–Crippen LogP) is 2.63. The molecule has 0 saturated carbocycles. The summed E-state index contributed by atoms with van der Waals surface area (Å²) in [5.74, 6) is -0.471. The van der Waals surface area contributed by atoms with Crippen LogP contribution in [0, 0.1) is 10.1 Å². The highest BCUT2D eigenvalue weighted by Crippen LogP contribution is 2.18. The maximum atomic E-state index is 12.4. The quantitative estimate of drug-likeness (QED) is 0.331. The molecular weight excluding hydrogens is 352 g/mol. The highest BCUT2D eigenvalue weighted by Gasteiger charge is 2.12. The van der Waals surface area contributed by atoms with Crippen LogP contribution in [0.4, 0.5) is 5.69 Å². The molecule has 8 heteroatoms. The van der Waals surface area contributed by atoms with Crippen LogP contribution in [0.1, 0.15) is 15.9 Å². The number of nitro benzene ring substituents is 1. The number of carbonyl (C=O) groups is 2. The van der Waals surface area contributed by atoms with Crippen molar-refractivity contribution in [2.45, 2.75) is 6.54 Å². The van der Waals surface area contributed by atoms with Gasteiger partial charge >= 0.3 is 5.97 Å². The summed E-state index contributed by atoms with van der Waals surface area (Å²) in [5.41, 5.74) is 1.06. The maximum absolute atomic E-state index is 12.4. The minimum Gasteiger partial charge on any atom is -0.489 e. The fourth-order valence-electron chi connectivity index (χ4n) is 2.14. The minimum atomic E-state index is -0.493. The van der Waals surface area contributed by atoms with E-state index in [0.29, 0.717) is 11.3 Å². The molecule has 8 nitrogen and oxygen atoms in total. The SMILES string of the molecule is COC(=O)/C=C/COc1ccccc1C(=O)NCc1ccc([N+](=O)[O-])cc1. The summed E-state index contributed by atoms with van der Waals surface area (Å²) < 4.78 is 9.99. The van der Waals surface area contributed by atoms with Crippen LogP contribution < -0.4 is 10.1 Å². The first-order valence-corrected chi connectivity index (χ1v) is 7.99. The summed E-state index contributed by atoms with van der Waals surface area (Å²) in [6.45, 7) is 0.315. The van der Waals surface area contributed by atoms with Crippen LogP contribution in [0.25, 0.3) is 0 Å². The summed E-state index contributed by atoms with van der Waals surface area (Å²) in [6.07, 6.45) is 2.72. The number of non-ortho nitro benzene ring substituents is 1. The number of nitrogens with zero attached hydrogens (tertiary/aromatic N) is 1. The Morgan fingerprint density at radius 3 is 2.52 bits per heavy atom. The van der Waals surface area contributed by atoms with Crippen LogP contribution in [0.3, 0.4) is 0 Å². The van der Waals surface area contributed by atoms with Crippen molar-refractivity contribution in [3.05, 3.63) is 81.9 Å². The van der Waals surface area contributed by atoms with E-state index in [-0.39, 0.29) is 24.7 Å². The molecular formula is C19H18N2O6. The third-order valence-corrected chi connectivity index (χ3v) is 3.52. The van der Waals surface area contributed by atoms with Crippen LogP contribution in [0.15, 0.2) is 60.7 Å². The number of hydrogen-bond donors (Lipinski definition) is 1. The molecule has 1 N–H and O–H groups in total. The van der Waals surface area contributed by atoms with Gasteiger partial charge in [0.25, 0.3) is 11.6 Å². The van der Waals surface area contributed by atoms with Crippen molar-refractivity contribution >= 4 is 17.6 Å². The molecule has 0 aliphatic carbocycles. The highest BCUT2D eigenvalue weighted by atomic mass is 16.6. The second-order valence-electron chi connectivity index (χ2n) is 5.34. The van der Waals surface area contributed by atoms with Crippen LogP contribution in [-0.2, 0) is 16.1 Å². The lowest BCUT2D eigenvalue weighted by Crippen LogP contribution is -2.23. The zero-order chi connectivity index (χ0) is 19.6. The Morgan fingerprint density at radius 2 is 1.85 bits per heavy atom. The van der Waals surface area contributed by atoms with Gasteiger partial charge in [-0.05, 0) is 23.8 Å². The zero-order valence-corrected chi connectivity index (χ0v) is 14.6. The van der Waals surface area contributed by atoms with Crippen LogP contribution in [0.5, 0.6) is 5.75 Å². The summed E-state index contributed by atoms with van der Waals surface area (Å²) in [5, 5.41) is 13.4. The van der Waals surface area contributed by atoms with Crippen molar-refractivity contribution in [3.8, 4) is 5.75 Å². The first kappa shape index (κ1) is 19.6. The third kappa shape index (κ3) is 5.96. The van der Waals surface area contributed by atoms with E-state index >= 15 is 0 Å². The Kier molecular flexibility index (Phi) is 7.07. The van der Waals surface area contributed by atoms with Gasteiger partial charge in [0.15, 0.2) is 0 Å². The van der Waals surface area contributed by atoms with Crippen LogP contribution >= 0.6 is 0 Å². The van der Waals surface area contributed by atoms with Crippen molar-refractivity contribution in [2.24, 2.45) is 0 Å². The molecule has 0 unspecified atom stereocenters. The molecule has 0 atom stereocenters. The van der Waals surface area contributed by atoms with Gasteiger partial charge in [0.1, 0.15) is 12.4 Å². The molecule has 0 heterocycles. The number of ether oxygens (including phenoxy) is 2. The van der Waals surface area contributed by atoms with E-state index in [0.717, 1.165) is 5.56 Å². The van der Waals surface area contributed by atoms with E-state index in [1.807, 2.05) is 0 Å². The summed E-state index contributed by atoms with van der Waals surface area (Å²) >= 11 is 0. The minimum absolute atomic E-state index is 0.0103. The molecule has 2 aromatic carbocycles. The Balaban J connectivity index is 1.96. The van der Waals surface area contributed by atoms with E-state index in [1.165, 1.54) is 31.4 Å². The first-order chi connectivity index (χ1) is 13.0. The number of para-hydroxylation sites is 1. The van der Waals surface area contributed by atoms with Gasteiger partial charge in [0, 0.05) is 24.8 Å². The van der Waals surface area contributed by atoms with Crippen molar-refractivity contribution in [1.82, 2.24) is 5.32 Å². The van der Waals surface area contributed by atoms with Gasteiger partial charge in [0.2, 0.25) is 0 Å². The Bertz CT molecular complexity index is 846. The number of rotatable bonds is 8. The summed E-state index contributed by atoms with van der Waals surface area (Å²) in [7, 11) is 1.28. The molecule has 0 fully saturated rings. The van der Waals surface area contributed by atoms with Gasteiger partial charge in [-0.2, -0.15) is 0 Å². The number of nitro groups is 1. The van der Waals surface area contributed by atoms with Crippen molar-refractivity contribution in [3.63, 3.8) is 0 Å². The molecule has 2 aromatic rings. The Labute approximate surface area is 155 Å². The van der Waals surface area contributed by atoms with E-state index in [1.54, 1.807) is 36.4 Å².